The van der Waals surface area contributed by atoms with E-state index in [2.05, 4.69) is 5.32 Å². The first-order valence-electron chi connectivity index (χ1n) is 6.49. The summed E-state index contributed by atoms with van der Waals surface area (Å²) in [6.45, 7) is 5.41. The lowest BCUT2D eigenvalue weighted by molar-refractivity contribution is -0.0508. The highest BCUT2D eigenvalue weighted by atomic mass is 19.3. The van der Waals surface area contributed by atoms with Crippen LogP contribution < -0.4 is 5.32 Å². The molecule has 0 saturated heterocycles. The Morgan fingerprint density at radius 1 is 1.22 bits per heavy atom. The van der Waals surface area contributed by atoms with Crippen LogP contribution >= 0.6 is 0 Å². The SMILES string of the molecule is CC(C)(C)OC(=O)N[C@@H]1CC12CCC(F)(F)CC2. The maximum absolute atomic E-state index is 13.1. The molecule has 1 N–H and O–H groups in total. The van der Waals surface area contributed by atoms with Crippen LogP contribution in [0.5, 0.6) is 0 Å². The molecule has 2 aliphatic carbocycles. The van der Waals surface area contributed by atoms with Crippen molar-refractivity contribution in [1.29, 1.82) is 0 Å². The first-order valence-corrected chi connectivity index (χ1v) is 6.49. The van der Waals surface area contributed by atoms with Crippen LogP contribution in [0.15, 0.2) is 0 Å². The normalized spacial score (nSPS) is 28.8. The first kappa shape index (κ1) is 13.6. The van der Waals surface area contributed by atoms with Crippen molar-refractivity contribution in [3.8, 4) is 0 Å². The maximum atomic E-state index is 13.1. The fraction of sp³-hybridized carbons (Fsp3) is 0.923. The molecule has 0 aromatic carbocycles. The van der Waals surface area contributed by atoms with Gasteiger partial charge in [-0.1, -0.05) is 0 Å². The molecular formula is C13H21F2NO2. The summed E-state index contributed by atoms with van der Waals surface area (Å²) in [4.78, 5) is 11.6. The van der Waals surface area contributed by atoms with Gasteiger partial charge < -0.3 is 10.1 Å². The van der Waals surface area contributed by atoms with Crippen molar-refractivity contribution >= 4 is 6.09 Å². The second-order valence-corrected chi connectivity index (χ2v) is 6.62. The fourth-order valence-corrected chi connectivity index (χ4v) is 2.67. The number of alkyl halides is 2. The average molecular weight is 261 g/mol. The van der Waals surface area contributed by atoms with Crippen molar-refractivity contribution in [2.75, 3.05) is 0 Å². The van der Waals surface area contributed by atoms with E-state index in [1.165, 1.54) is 0 Å². The van der Waals surface area contributed by atoms with Gasteiger partial charge in [-0.15, -0.1) is 0 Å². The number of halogens is 2. The topological polar surface area (TPSA) is 38.3 Å². The molecule has 2 saturated carbocycles. The standard InChI is InChI=1S/C13H21F2NO2/c1-11(2,3)18-10(17)16-9-8-12(9)4-6-13(14,15)7-5-12/h9H,4-8H2,1-3H3,(H,16,17)/t9-/m1/s1. The third-order valence-corrected chi connectivity index (χ3v) is 3.86. The van der Waals surface area contributed by atoms with E-state index in [1.54, 1.807) is 20.8 Å². The molecule has 2 aliphatic rings. The Labute approximate surface area is 106 Å². The van der Waals surface area contributed by atoms with Gasteiger partial charge in [-0.3, -0.25) is 0 Å². The number of alkyl carbamates (subject to hydrolysis) is 1. The van der Waals surface area contributed by atoms with Gasteiger partial charge in [0.25, 0.3) is 0 Å². The zero-order valence-corrected chi connectivity index (χ0v) is 11.2. The highest BCUT2D eigenvalue weighted by molar-refractivity contribution is 5.68. The largest absolute Gasteiger partial charge is 0.444 e. The molecule has 0 aromatic heterocycles. The van der Waals surface area contributed by atoms with Gasteiger partial charge in [0.05, 0.1) is 0 Å². The number of amides is 1. The Kier molecular flexibility index (Phi) is 3.06. The second kappa shape index (κ2) is 4.07. The molecule has 0 unspecified atom stereocenters. The molecule has 2 fully saturated rings. The van der Waals surface area contributed by atoms with E-state index in [9.17, 15) is 13.6 Å². The molecule has 2 rings (SSSR count). The molecule has 0 heterocycles. The highest BCUT2D eigenvalue weighted by Crippen LogP contribution is 2.58. The monoisotopic (exact) mass is 261 g/mol. The quantitative estimate of drug-likeness (QED) is 0.784. The van der Waals surface area contributed by atoms with E-state index in [-0.39, 0.29) is 24.3 Å². The van der Waals surface area contributed by atoms with E-state index in [4.69, 9.17) is 4.74 Å². The van der Waals surface area contributed by atoms with E-state index >= 15 is 0 Å². The van der Waals surface area contributed by atoms with Crippen LogP contribution in [0.3, 0.4) is 0 Å². The Hall–Kier alpha value is -0.870. The maximum Gasteiger partial charge on any atom is 0.407 e. The first-order chi connectivity index (χ1) is 8.12. The average Bonchev–Trinajstić information content (AvgIpc) is 2.82. The zero-order valence-electron chi connectivity index (χ0n) is 11.2. The van der Waals surface area contributed by atoms with Crippen LogP contribution in [0.1, 0.15) is 52.9 Å². The Morgan fingerprint density at radius 3 is 2.28 bits per heavy atom. The van der Waals surface area contributed by atoms with Gasteiger partial charge in [0, 0.05) is 18.9 Å². The Bertz CT molecular complexity index is 339. The van der Waals surface area contributed by atoms with E-state index < -0.39 is 17.6 Å². The number of nitrogens with one attached hydrogen (secondary N) is 1. The number of ether oxygens (including phenoxy) is 1. The molecule has 5 heteroatoms. The van der Waals surface area contributed by atoms with Gasteiger partial charge in [0.1, 0.15) is 5.60 Å². The van der Waals surface area contributed by atoms with Crippen LogP contribution in [0.25, 0.3) is 0 Å². The minimum atomic E-state index is -2.51. The molecule has 104 valence electrons. The summed E-state index contributed by atoms with van der Waals surface area (Å²) in [5.74, 6) is -2.51. The lowest BCUT2D eigenvalue weighted by Gasteiger charge is -2.29. The van der Waals surface area contributed by atoms with Crippen molar-refractivity contribution in [2.45, 2.75) is 70.4 Å². The van der Waals surface area contributed by atoms with Gasteiger partial charge >= 0.3 is 6.09 Å². The lowest BCUT2D eigenvalue weighted by atomic mass is 9.83. The summed E-state index contributed by atoms with van der Waals surface area (Å²) in [5.41, 5.74) is -0.607. The summed E-state index contributed by atoms with van der Waals surface area (Å²) in [6, 6.07) is 0.0171. The zero-order chi connectivity index (χ0) is 13.6. The summed E-state index contributed by atoms with van der Waals surface area (Å²) in [5, 5.41) is 2.79. The van der Waals surface area contributed by atoms with Crippen molar-refractivity contribution in [3.05, 3.63) is 0 Å². The molecule has 0 bridgehead atoms. The Morgan fingerprint density at radius 2 is 1.78 bits per heavy atom. The van der Waals surface area contributed by atoms with Crippen LogP contribution in [0, 0.1) is 5.41 Å². The number of rotatable bonds is 1. The third-order valence-electron chi connectivity index (χ3n) is 3.86. The lowest BCUT2D eigenvalue weighted by Crippen LogP contribution is -2.37. The third kappa shape index (κ3) is 3.12. The minimum absolute atomic E-state index is 0.0171. The molecule has 1 amide bonds. The predicted octanol–water partition coefficient (Wildman–Crippen LogP) is 3.48. The smallest absolute Gasteiger partial charge is 0.407 e. The Balaban J connectivity index is 1.80. The molecule has 0 aliphatic heterocycles. The summed E-state index contributed by atoms with van der Waals surface area (Å²) >= 11 is 0. The fourth-order valence-electron chi connectivity index (χ4n) is 2.67. The molecule has 1 atom stereocenters. The number of hydrogen-bond acceptors (Lipinski definition) is 2. The molecule has 3 nitrogen and oxygen atoms in total. The van der Waals surface area contributed by atoms with Crippen LogP contribution in [-0.2, 0) is 4.74 Å². The minimum Gasteiger partial charge on any atom is -0.444 e. The second-order valence-electron chi connectivity index (χ2n) is 6.62. The number of hydrogen-bond donors (Lipinski definition) is 1. The molecule has 1 spiro atoms. The van der Waals surface area contributed by atoms with Gasteiger partial charge in [-0.2, -0.15) is 0 Å². The highest BCUT2D eigenvalue weighted by Gasteiger charge is 2.58. The molecule has 18 heavy (non-hydrogen) atoms. The summed E-state index contributed by atoms with van der Waals surface area (Å²) in [6.07, 6.45) is 1.25. The van der Waals surface area contributed by atoms with Crippen molar-refractivity contribution < 1.29 is 18.3 Å². The number of carbonyl (C=O) groups excluding carboxylic acids is 1. The summed E-state index contributed by atoms with van der Waals surface area (Å²) < 4.78 is 31.3. The van der Waals surface area contributed by atoms with Gasteiger partial charge in [-0.25, -0.2) is 13.6 Å². The van der Waals surface area contributed by atoms with Crippen molar-refractivity contribution in [2.24, 2.45) is 5.41 Å². The number of carbonyl (C=O) groups is 1. The van der Waals surface area contributed by atoms with Crippen LogP contribution in [-0.4, -0.2) is 23.7 Å². The van der Waals surface area contributed by atoms with Crippen LogP contribution in [0.2, 0.25) is 0 Å². The summed E-state index contributed by atoms with van der Waals surface area (Å²) in [7, 11) is 0. The molecule has 0 aromatic rings. The van der Waals surface area contributed by atoms with Crippen molar-refractivity contribution in [3.63, 3.8) is 0 Å². The van der Waals surface area contributed by atoms with E-state index in [0.29, 0.717) is 12.8 Å². The van der Waals surface area contributed by atoms with Crippen LogP contribution in [0.4, 0.5) is 13.6 Å². The van der Waals surface area contributed by atoms with E-state index in [1.807, 2.05) is 0 Å². The molecular weight excluding hydrogens is 240 g/mol. The van der Waals surface area contributed by atoms with Gasteiger partial charge in [0.2, 0.25) is 5.92 Å². The van der Waals surface area contributed by atoms with Gasteiger partial charge in [0.15, 0.2) is 0 Å². The van der Waals surface area contributed by atoms with E-state index in [0.717, 1.165) is 6.42 Å². The van der Waals surface area contributed by atoms with Gasteiger partial charge in [-0.05, 0) is 45.4 Å². The predicted molar refractivity (Wildman–Crippen MR) is 63.6 cm³/mol. The van der Waals surface area contributed by atoms with Crippen molar-refractivity contribution in [1.82, 2.24) is 5.32 Å². The molecule has 0 radical (unpaired) electrons.